The van der Waals surface area contributed by atoms with E-state index in [2.05, 4.69) is 0 Å². The first kappa shape index (κ1) is 15.8. The summed E-state index contributed by atoms with van der Waals surface area (Å²) < 4.78 is 10.7. The number of allylic oxidation sites excluding steroid dienone is 1. The molecule has 0 unspecified atom stereocenters. The molecule has 0 atom stereocenters. The van der Waals surface area contributed by atoms with Crippen LogP contribution in [0.3, 0.4) is 0 Å². The van der Waals surface area contributed by atoms with Gasteiger partial charge in [-0.1, -0.05) is 48.5 Å². The molecule has 0 aliphatic carbocycles. The molecule has 3 aromatic rings. The third-order valence-electron chi connectivity index (χ3n) is 3.91. The summed E-state index contributed by atoms with van der Waals surface area (Å²) in [6.07, 6.45) is 3.32. The first-order chi connectivity index (χ1) is 11.7. The van der Waals surface area contributed by atoms with Crippen LogP contribution in [0.1, 0.15) is 15.9 Å². The minimum atomic E-state index is -0.102. The number of hydrogen-bond donors (Lipinski definition) is 0. The second-order valence-electron chi connectivity index (χ2n) is 5.30. The van der Waals surface area contributed by atoms with Crippen LogP contribution in [-0.2, 0) is 0 Å². The van der Waals surface area contributed by atoms with E-state index in [9.17, 15) is 4.79 Å². The number of para-hydroxylation sites is 1. The van der Waals surface area contributed by atoms with Gasteiger partial charge in [0.2, 0.25) is 0 Å². The third-order valence-corrected chi connectivity index (χ3v) is 3.91. The largest absolute Gasteiger partial charge is 0.496 e. The molecule has 0 saturated heterocycles. The van der Waals surface area contributed by atoms with Gasteiger partial charge in [0.15, 0.2) is 5.78 Å². The van der Waals surface area contributed by atoms with Gasteiger partial charge >= 0.3 is 0 Å². The maximum absolute atomic E-state index is 12.8. The summed E-state index contributed by atoms with van der Waals surface area (Å²) in [6.45, 7) is 0. The van der Waals surface area contributed by atoms with Gasteiger partial charge in [-0.2, -0.15) is 0 Å². The maximum atomic E-state index is 12.8. The van der Waals surface area contributed by atoms with Crippen LogP contribution >= 0.6 is 0 Å². The third kappa shape index (κ3) is 3.01. The molecule has 0 aliphatic heterocycles. The van der Waals surface area contributed by atoms with Crippen LogP contribution in [0, 0.1) is 0 Å². The lowest BCUT2D eigenvalue weighted by molar-refractivity contribution is 0.104. The molecule has 0 amide bonds. The standard InChI is InChI=1S/C21H18O3/c1-23-19-10-6-4-8-16(19)11-13-18(22)21-17-9-5-3-7-15(17)12-14-20(21)24-2/h3-14H,1-2H3/b13-11+. The van der Waals surface area contributed by atoms with Crippen molar-refractivity contribution in [2.75, 3.05) is 14.2 Å². The van der Waals surface area contributed by atoms with Gasteiger partial charge in [-0.25, -0.2) is 0 Å². The van der Waals surface area contributed by atoms with E-state index in [0.717, 1.165) is 22.1 Å². The molecule has 0 heterocycles. The highest BCUT2D eigenvalue weighted by Crippen LogP contribution is 2.29. The number of fused-ring (bicyclic) bond motifs is 1. The summed E-state index contributed by atoms with van der Waals surface area (Å²) in [7, 11) is 3.19. The lowest BCUT2D eigenvalue weighted by atomic mass is 9.99. The van der Waals surface area contributed by atoms with Crippen molar-refractivity contribution in [1.82, 2.24) is 0 Å². The van der Waals surface area contributed by atoms with Crippen LogP contribution in [0.15, 0.2) is 66.7 Å². The van der Waals surface area contributed by atoms with Gasteiger partial charge in [0, 0.05) is 5.56 Å². The molecule has 3 aromatic carbocycles. The average molecular weight is 318 g/mol. The lowest BCUT2D eigenvalue weighted by Gasteiger charge is -2.09. The van der Waals surface area contributed by atoms with Gasteiger partial charge in [0.25, 0.3) is 0 Å². The minimum absolute atomic E-state index is 0.102. The highest BCUT2D eigenvalue weighted by Gasteiger charge is 2.14. The van der Waals surface area contributed by atoms with Crippen LogP contribution in [0.5, 0.6) is 11.5 Å². The van der Waals surface area contributed by atoms with Crippen molar-refractivity contribution in [2.45, 2.75) is 0 Å². The summed E-state index contributed by atoms with van der Waals surface area (Å²) in [5.74, 6) is 1.20. The normalized spacial score (nSPS) is 10.9. The fraction of sp³-hybridized carbons (Fsp3) is 0.0952. The van der Waals surface area contributed by atoms with E-state index in [1.54, 1.807) is 26.4 Å². The first-order valence-electron chi connectivity index (χ1n) is 7.65. The van der Waals surface area contributed by atoms with Crippen LogP contribution in [-0.4, -0.2) is 20.0 Å². The van der Waals surface area contributed by atoms with E-state index in [0.29, 0.717) is 11.3 Å². The quantitative estimate of drug-likeness (QED) is 0.503. The van der Waals surface area contributed by atoms with Crippen LogP contribution in [0.4, 0.5) is 0 Å². The van der Waals surface area contributed by atoms with Crippen LogP contribution in [0.25, 0.3) is 16.8 Å². The zero-order valence-corrected chi connectivity index (χ0v) is 13.7. The summed E-state index contributed by atoms with van der Waals surface area (Å²) in [5, 5.41) is 1.89. The minimum Gasteiger partial charge on any atom is -0.496 e. The van der Waals surface area contributed by atoms with Gasteiger partial charge in [0.05, 0.1) is 19.8 Å². The zero-order chi connectivity index (χ0) is 16.9. The average Bonchev–Trinajstić information content (AvgIpc) is 2.65. The van der Waals surface area contributed by atoms with Gasteiger partial charge in [-0.05, 0) is 35.1 Å². The molecule has 24 heavy (non-hydrogen) atoms. The maximum Gasteiger partial charge on any atom is 0.190 e. The fourth-order valence-corrected chi connectivity index (χ4v) is 2.73. The number of ether oxygens (including phenoxy) is 2. The molecular formula is C21H18O3. The van der Waals surface area contributed by atoms with Crippen molar-refractivity contribution >= 4 is 22.6 Å². The summed E-state index contributed by atoms with van der Waals surface area (Å²) in [4.78, 5) is 12.8. The zero-order valence-electron chi connectivity index (χ0n) is 13.7. The Morgan fingerprint density at radius 1 is 0.833 bits per heavy atom. The molecule has 0 spiro atoms. The Bertz CT molecular complexity index is 910. The number of rotatable bonds is 5. The number of benzene rings is 3. The lowest BCUT2D eigenvalue weighted by Crippen LogP contribution is -2.00. The molecule has 0 bridgehead atoms. The molecule has 3 heteroatoms. The fourth-order valence-electron chi connectivity index (χ4n) is 2.73. The number of ketones is 1. The van der Waals surface area contributed by atoms with Crippen molar-refractivity contribution in [3.63, 3.8) is 0 Å². The van der Waals surface area contributed by atoms with E-state index in [1.165, 1.54) is 0 Å². The topological polar surface area (TPSA) is 35.5 Å². The van der Waals surface area contributed by atoms with Crippen LogP contribution < -0.4 is 9.47 Å². The van der Waals surface area contributed by atoms with Crippen molar-refractivity contribution in [3.8, 4) is 11.5 Å². The molecule has 0 radical (unpaired) electrons. The van der Waals surface area contributed by atoms with Crippen molar-refractivity contribution in [3.05, 3.63) is 77.9 Å². The van der Waals surface area contributed by atoms with Crippen LogP contribution in [0.2, 0.25) is 0 Å². The van der Waals surface area contributed by atoms with Crippen molar-refractivity contribution in [2.24, 2.45) is 0 Å². The second kappa shape index (κ2) is 7.01. The Morgan fingerprint density at radius 3 is 2.33 bits per heavy atom. The van der Waals surface area contributed by atoms with Crippen molar-refractivity contribution < 1.29 is 14.3 Å². The Hall–Kier alpha value is -3.07. The first-order valence-corrected chi connectivity index (χ1v) is 7.65. The SMILES string of the molecule is COc1ccccc1/C=C/C(=O)c1c(OC)ccc2ccccc12. The monoisotopic (exact) mass is 318 g/mol. The summed E-state index contributed by atoms with van der Waals surface area (Å²) in [5.41, 5.74) is 1.43. The Labute approximate surface area is 141 Å². The number of carbonyl (C=O) groups excluding carboxylic acids is 1. The second-order valence-corrected chi connectivity index (χ2v) is 5.30. The molecule has 0 aromatic heterocycles. The number of methoxy groups -OCH3 is 2. The summed E-state index contributed by atoms with van der Waals surface area (Å²) in [6, 6.07) is 19.1. The van der Waals surface area contributed by atoms with E-state index in [1.807, 2.05) is 60.7 Å². The van der Waals surface area contributed by atoms with E-state index < -0.39 is 0 Å². The van der Waals surface area contributed by atoms with Gasteiger partial charge < -0.3 is 9.47 Å². The highest BCUT2D eigenvalue weighted by molar-refractivity contribution is 6.16. The predicted molar refractivity (Wildman–Crippen MR) is 96.9 cm³/mol. The molecule has 0 fully saturated rings. The predicted octanol–water partition coefficient (Wildman–Crippen LogP) is 4.75. The van der Waals surface area contributed by atoms with Gasteiger partial charge in [0.1, 0.15) is 11.5 Å². The molecule has 3 rings (SSSR count). The Kier molecular flexibility index (Phi) is 4.62. The van der Waals surface area contributed by atoms with Gasteiger partial charge in [-0.15, -0.1) is 0 Å². The number of hydrogen-bond acceptors (Lipinski definition) is 3. The molecule has 120 valence electrons. The van der Waals surface area contributed by atoms with Crippen molar-refractivity contribution in [1.29, 1.82) is 0 Å². The molecule has 0 saturated carbocycles. The van der Waals surface area contributed by atoms with E-state index in [-0.39, 0.29) is 5.78 Å². The molecule has 3 nitrogen and oxygen atoms in total. The van der Waals surface area contributed by atoms with E-state index in [4.69, 9.17) is 9.47 Å². The Balaban J connectivity index is 2.04. The molecular weight excluding hydrogens is 300 g/mol. The van der Waals surface area contributed by atoms with Gasteiger partial charge in [-0.3, -0.25) is 4.79 Å². The summed E-state index contributed by atoms with van der Waals surface area (Å²) >= 11 is 0. The highest BCUT2D eigenvalue weighted by atomic mass is 16.5. The van der Waals surface area contributed by atoms with E-state index >= 15 is 0 Å². The smallest absolute Gasteiger partial charge is 0.190 e. The Morgan fingerprint density at radius 2 is 1.54 bits per heavy atom. The molecule has 0 N–H and O–H groups in total. The number of carbonyl (C=O) groups is 1. The molecule has 0 aliphatic rings.